The Labute approximate surface area is 101 Å². The summed E-state index contributed by atoms with van der Waals surface area (Å²) in [6.45, 7) is 2.78. The smallest absolute Gasteiger partial charge is 0.266 e. The summed E-state index contributed by atoms with van der Waals surface area (Å²) in [5.74, 6) is 1.90. The Hall–Kier alpha value is -0.970. The van der Waals surface area contributed by atoms with Gasteiger partial charge in [-0.1, -0.05) is 6.92 Å². The van der Waals surface area contributed by atoms with Crippen molar-refractivity contribution >= 4 is 12.6 Å². The summed E-state index contributed by atoms with van der Waals surface area (Å²) >= 11 is 4.19. The highest BCUT2D eigenvalue weighted by atomic mass is 32.1. The second-order valence-electron chi connectivity index (χ2n) is 3.84. The van der Waals surface area contributed by atoms with Crippen molar-refractivity contribution in [1.29, 1.82) is 0 Å². The van der Waals surface area contributed by atoms with Gasteiger partial charge in [0.15, 0.2) is 0 Å². The highest BCUT2D eigenvalue weighted by Crippen LogP contribution is 2.09. The molecule has 1 rings (SSSR count). The van der Waals surface area contributed by atoms with Crippen molar-refractivity contribution in [3.63, 3.8) is 0 Å². The van der Waals surface area contributed by atoms with E-state index in [2.05, 4.69) is 24.7 Å². The minimum Gasteiger partial charge on any atom is -0.480 e. The van der Waals surface area contributed by atoms with Crippen LogP contribution in [0, 0.1) is 5.92 Å². The van der Waals surface area contributed by atoms with E-state index in [1.54, 1.807) is 13.2 Å². The summed E-state index contributed by atoms with van der Waals surface area (Å²) in [7, 11) is 1.54. The topological polar surface area (TPSA) is 44.1 Å². The highest BCUT2D eigenvalue weighted by Gasteiger charge is 2.04. The molecule has 1 unspecified atom stereocenters. The maximum Gasteiger partial charge on any atom is 0.266 e. The average molecular weight is 242 g/mol. The lowest BCUT2D eigenvalue weighted by Crippen LogP contribution is -2.23. The van der Waals surface area contributed by atoms with Gasteiger partial charge in [0, 0.05) is 18.7 Å². The van der Waals surface area contributed by atoms with Gasteiger partial charge in [-0.3, -0.25) is 4.79 Å². The van der Waals surface area contributed by atoms with Gasteiger partial charge < -0.3 is 4.74 Å². The van der Waals surface area contributed by atoms with Gasteiger partial charge in [0.2, 0.25) is 5.88 Å². The van der Waals surface area contributed by atoms with E-state index in [1.165, 1.54) is 10.7 Å². The van der Waals surface area contributed by atoms with Gasteiger partial charge in [-0.15, -0.1) is 5.10 Å². The lowest BCUT2D eigenvalue weighted by Gasteiger charge is -2.10. The van der Waals surface area contributed by atoms with E-state index in [0.29, 0.717) is 18.3 Å². The molecule has 0 aliphatic rings. The molecular weight excluding hydrogens is 224 g/mol. The summed E-state index contributed by atoms with van der Waals surface area (Å²) in [5.41, 5.74) is -0.0844. The largest absolute Gasteiger partial charge is 0.480 e. The van der Waals surface area contributed by atoms with E-state index in [-0.39, 0.29) is 5.56 Å². The third kappa shape index (κ3) is 3.89. The summed E-state index contributed by atoms with van der Waals surface area (Å²) in [5, 5.41) is 4.09. The Balaban J connectivity index is 2.62. The van der Waals surface area contributed by atoms with Crippen LogP contribution in [0.1, 0.15) is 19.8 Å². The van der Waals surface area contributed by atoms with Crippen LogP contribution in [0.5, 0.6) is 5.88 Å². The Bertz CT molecular complexity index is 378. The third-order valence-electron chi connectivity index (χ3n) is 2.51. The third-order valence-corrected chi connectivity index (χ3v) is 2.77. The number of hydrogen-bond acceptors (Lipinski definition) is 4. The number of thiol groups is 1. The SMILES string of the molecule is COc1ccc(=O)n(CCC(C)CCS)n1. The van der Waals surface area contributed by atoms with E-state index in [9.17, 15) is 4.79 Å². The molecule has 1 aromatic heterocycles. The zero-order valence-electron chi connectivity index (χ0n) is 9.72. The zero-order chi connectivity index (χ0) is 12.0. The van der Waals surface area contributed by atoms with E-state index in [0.717, 1.165) is 18.6 Å². The quantitative estimate of drug-likeness (QED) is 0.771. The number of aryl methyl sites for hydroxylation is 1. The van der Waals surface area contributed by atoms with Crippen molar-refractivity contribution in [2.45, 2.75) is 26.3 Å². The Morgan fingerprint density at radius 3 is 2.88 bits per heavy atom. The first-order chi connectivity index (χ1) is 7.67. The predicted molar refractivity (Wildman–Crippen MR) is 67.3 cm³/mol. The van der Waals surface area contributed by atoms with Crippen molar-refractivity contribution in [2.75, 3.05) is 12.9 Å². The molecule has 0 fully saturated rings. The lowest BCUT2D eigenvalue weighted by molar-refractivity contribution is 0.365. The van der Waals surface area contributed by atoms with Crippen molar-refractivity contribution in [2.24, 2.45) is 5.92 Å². The predicted octanol–water partition coefficient (Wildman–Crippen LogP) is 1.60. The van der Waals surface area contributed by atoms with Crippen molar-refractivity contribution < 1.29 is 4.74 Å². The fraction of sp³-hybridized carbons (Fsp3) is 0.636. The molecule has 0 N–H and O–H groups in total. The molecule has 0 bridgehead atoms. The first-order valence-corrected chi connectivity index (χ1v) is 6.03. The van der Waals surface area contributed by atoms with Crippen LogP contribution in [-0.4, -0.2) is 22.6 Å². The molecule has 90 valence electrons. The summed E-state index contributed by atoms with van der Waals surface area (Å²) in [4.78, 5) is 11.5. The van der Waals surface area contributed by atoms with E-state index >= 15 is 0 Å². The molecule has 1 heterocycles. The van der Waals surface area contributed by atoms with Crippen LogP contribution < -0.4 is 10.3 Å². The van der Waals surface area contributed by atoms with Crippen LogP contribution in [0.2, 0.25) is 0 Å². The van der Waals surface area contributed by atoms with E-state index in [1.807, 2.05) is 0 Å². The second kappa shape index (κ2) is 6.58. The van der Waals surface area contributed by atoms with Gasteiger partial charge in [0.05, 0.1) is 7.11 Å². The van der Waals surface area contributed by atoms with Crippen LogP contribution in [0.3, 0.4) is 0 Å². The molecule has 1 aromatic rings. The number of rotatable bonds is 6. The normalized spacial score (nSPS) is 12.4. The molecule has 5 heteroatoms. The molecule has 0 spiro atoms. The van der Waals surface area contributed by atoms with Crippen LogP contribution in [-0.2, 0) is 6.54 Å². The fourth-order valence-corrected chi connectivity index (χ4v) is 1.85. The molecule has 0 radical (unpaired) electrons. The first kappa shape index (κ1) is 13.1. The van der Waals surface area contributed by atoms with Gasteiger partial charge in [0.1, 0.15) is 0 Å². The van der Waals surface area contributed by atoms with Gasteiger partial charge in [0.25, 0.3) is 5.56 Å². The molecule has 0 saturated heterocycles. The number of aromatic nitrogens is 2. The van der Waals surface area contributed by atoms with Crippen LogP contribution in [0.4, 0.5) is 0 Å². The second-order valence-corrected chi connectivity index (χ2v) is 4.29. The monoisotopic (exact) mass is 242 g/mol. The Kier molecular flexibility index (Phi) is 5.38. The standard InChI is InChI=1S/C11H18N2O2S/c1-9(6-8-16)5-7-13-11(14)4-3-10(12-13)15-2/h3-4,9,16H,5-8H2,1-2H3. The molecule has 1 atom stereocenters. The van der Waals surface area contributed by atoms with Crippen LogP contribution in [0.25, 0.3) is 0 Å². The first-order valence-electron chi connectivity index (χ1n) is 5.40. The number of methoxy groups -OCH3 is 1. The number of nitrogens with zero attached hydrogens (tertiary/aromatic N) is 2. The molecule has 0 aromatic carbocycles. The molecule has 0 aliphatic carbocycles. The fourth-order valence-electron chi connectivity index (χ4n) is 1.41. The molecule has 16 heavy (non-hydrogen) atoms. The molecule has 0 saturated carbocycles. The van der Waals surface area contributed by atoms with Crippen LogP contribution >= 0.6 is 12.6 Å². The van der Waals surface area contributed by atoms with Crippen LogP contribution in [0.15, 0.2) is 16.9 Å². The number of ether oxygens (including phenoxy) is 1. The number of hydrogen-bond donors (Lipinski definition) is 1. The van der Waals surface area contributed by atoms with Crippen molar-refractivity contribution in [3.8, 4) is 5.88 Å². The van der Waals surface area contributed by atoms with Gasteiger partial charge in [-0.05, 0) is 24.5 Å². The van der Waals surface area contributed by atoms with Crippen molar-refractivity contribution in [1.82, 2.24) is 9.78 Å². The minimum absolute atomic E-state index is 0.0844. The summed E-state index contributed by atoms with van der Waals surface area (Å²) in [6, 6.07) is 3.06. The van der Waals surface area contributed by atoms with Crippen molar-refractivity contribution in [3.05, 3.63) is 22.5 Å². The highest BCUT2D eigenvalue weighted by molar-refractivity contribution is 7.80. The Morgan fingerprint density at radius 1 is 1.50 bits per heavy atom. The maximum absolute atomic E-state index is 11.5. The summed E-state index contributed by atoms with van der Waals surface area (Å²) in [6.07, 6.45) is 1.99. The summed E-state index contributed by atoms with van der Waals surface area (Å²) < 4.78 is 6.43. The lowest BCUT2D eigenvalue weighted by atomic mass is 10.1. The molecule has 0 aliphatic heterocycles. The minimum atomic E-state index is -0.0844. The maximum atomic E-state index is 11.5. The molecule has 0 amide bonds. The van der Waals surface area contributed by atoms with Gasteiger partial charge in [-0.2, -0.15) is 12.6 Å². The molecule has 4 nitrogen and oxygen atoms in total. The van der Waals surface area contributed by atoms with E-state index < -0.39 is 0 Å². The Morgan fingerprint density at radius 2 is 2.25 bits per heavy atom. The van der Waals surface area contributed by atoms with E-state index in [4.69, 9.17) is 4.74 Å². The average Bonchev–Trinajstić information content (AvgIpc) is 2.28. The van der Waals surface area contributed by atoms with Gasteiger partial charge in [-0.25, -0.2) is 4.68 Å². The van der Waals surface area contributed by atoms with Gasteiger partial charge >= 0.3 is 0 Å². The zero-order valence-corrected chi connectivity index (χ0v) is 10.6. The molecular formula is C11H18N2O2S.